The average molecular weight is 232 g/mol. The molecule has 2 unspecified atom stereocenters. The Kier molecular flexibility index (Phi) is 3.56. The number of aryl methyl sites for hydroxylation is 1. The molecule has 0 aliphatic rings. The van der Waals surface area contributed by atoms with E-state index in [2.05, 4.69) is 4.98 Å². The van der Waals surface area contributed by atoms with Gasteiger partial charge in [-0.05, 0) is 5.56 Å². The predicted octanol–water partition coefficient (Wildman–Crippen LogP) is 1.84. The van der Waals surface area contributed by atoms with Gasteiger partial charge in [0.05, 0.1) is 0 Å². The SMILES string of the molecule is COC(c1ccccc1)C(O)c1nccn1C. The van der Waals surface area contributed by atoms with Crippen LogP contribution >= 0.6 is 0 Å². The number of methoxy groups -OCH3 is 1. The molecule has 2 aromatic rings. The Morgan fingerprint density at radius 3 is 2.53 bits per heavy atom. The van der Waals surface area contributed by atoms with Gasteiger partial charge in [0.25, 0.3) is 0 Å². The van der Waals surface area contributed by atoms with Gasteiger partial charge in [-0.2, -0.15) is 0 Å². The Bertz CT molecular complexity index is 467. The zero-order valence-electron chi connectivity index (χ0n) is 9.95. The third kappa shape index (κ3) is 2.38. The molecule has 2 atom stereocenters. The Balaban J connectivity index is 2.28. The topological polar surface area (TPSA) is 47.3 Å². The van der Waals surface area contributed by atoms with E-state index in [-0.39, 0.29) is 0 Å². The molecule has 0 spiro atoms. The smallest absolute Gasteiger partial charge is 0.142 e. The molecule has 17 heavy (non-hydrogen) atoms. The molecule has 4 heteroatoms. The molecule has 1 N–H and O–H groups in total. The van der Waals surface area contributed by atoms with Gasteiger partial charge in [-0.3, -0.25) is 0 Å². The summed E-state index contributed by atoms with van der Waals surface area (Å²) >= 11 is 0. The average Bonchev–Trinajstić information content (AvgIpc) is 2.77. The summed E-state index contributed by atoms with van der Waals surface area (Å²) in [7, 11) is 3.44. The number of hydrogen-bond donors (Lipinski definition) is 1. The fourth-order valence-corrected chi connectivity index (χ4v) is 1.89. The van der Waals surface area contributed by atoms with Gasteiger partial charge in [-0.1, -0.05) is 30.3 Å². The molecule has 0 amide bonds. The highest BCUT2D eigenvalue weighted by molar-refractivity contribution is 5.20. The van der Waals surface area contributed by atoms with Gasteiger partial charge < -0.3 is 14.4 Å². The van der Waals surface area contributed by atoms with E-state index in [1.54, 1.807) is 24.1 Å². The first-order valence-electron chi connectivity index (χ1n) is 5.47. The Morgan fingerprint density at radius 1 is 1.29 bits per heavy atom. The van der Waals surface area contributed by atoms with Crippen LogP contribution in [0, 0.1) is 0 Å². The van der Waals surface area contributed by atoms with Gasteiger partial charge in [-0.25, -0.2) is 4.98 Å². The quantitative estimate of drug-likeness (QED) is 0.875. The van der Waals surface area contributed by atoms with Crippen molar-refractivity contribution < 1.29 is 9.84 Å². The van der Waals surface area contributed by atoms with Crippen molar-refractivity contribution in [1.82, 2.24) is 9.55 Å². The molecule has 2 rings (SSSR count). The van der Waals surface area contributed by atoms with Crippen LogP contribution < -0.4 is 0 Å². The third-order valence-corrected chi connectivity index (χ3v) is 2.79. The van der Waals surface area contributed by atoms with Gasteiger partial charge >= 0.3 is 0 Å². The van der Waals surface area contributed by atoms with Crippen molar-refractivity contribution in [1.29, 1.82) is 0 Å². The van der Waals surface area contributed by atoms with Gasteiger partial charge in [0.2, 0.25) is 0 Å². The predicted molar refractivity (Wildman–Crippen MR) is 64.4 cm³/mol. The summed E-state index contributed by atoms with van der Waals surface area (Å²) in [5.74, 6) is 0.598. The molecule has 1 heterocycles. The number of benzene rings is 1. The summed E-state index contributed by atoms with van der Waals surface area (Å²) in [6, 6.07) is 9.64. The van der Waals surface area contributed by atoms with Crippen LogP contribution in [0.1, 0.15) is 23.6 Å². The first kappa shape index (κ1) is 11.8. The summed E-state index contributed by atoms with van der Waals surface area (Å²) in [4.78, 5) is 4.14. The minimum atomic E-state index is -0.776. The summed E-state index contributed by atoms with van der Waals surface area (Å²) in [6.07, 6.45) is 2.28. The number of aliphatic hydroxyl groups excluding tert-OH is 1. The number of ether oxygens (including phenoxy) is 1. The third-order valence-electron chi connectivity index (χ3n) is 2.79. The van der Waals surface area contributed by atoms with Crippen LogP contribution in [-0.4, -0.2) is 21.8 Å². The summed E-state index contributed by atoms with van der Waals surface area (Å²) in [5.41, 5.74) is 0.936. The summed E-state index contributed by atoms with van der Waals surface area (Å²) in [6.45, 7) is 0. The summed E-state index contributed by atoms with van der Waals surface area (Å²) in [5, 5.41) is 10.3. The maximum atomic E-state index is 10.3. The molecule has 4 nitrogen and oxygen atoms in total. The molecule has 0 radical (unpaired) electrons. The van der Waals surface area contributed by atoms with E-state index in [0.717, 1.165) is 5.56 Å². The molecule has 0 fully saturated rings. The normalized spacial score (nSPS) is 14.5. The van der Waals surface area contributed by atoms with Crippen molar-refractivity contribution in [2.75, 3.05) is 7.11 Å². The maximum absolute atomic E-state index is 10.3. The van der Waals surface area contributed by atoms with Crippen LogP contribution in [0.3, 0.4) is 0 Å². The van der Waals surface area contributed by atoms with E-state index in [0.29, 0.717) is 5.82 Å². The number of rotatable bonds is 4. The van der Waals surface area contributed by atoms with Crippen molar-refractivity contribution in [2.45, 2.75) is 12.2 Å². The first-order chi connectivity index (χ1) is 8.24. The number of imidazole rings is 1. The highest BCUT2D eigenvalue weighted by atomic mass is 16.5. The Labute approximate surface area is 100 Å². The lowest BCUT2D eigenvalue weighted by atomic mass is 10.0. The van der Waals surface area contributed by atoms with Crippen LogP contribution in [-0.2, 0) is 11.8 Å². The van der Waals surface area contributed by atoms with Crippen LogP contribution in [0.5, 0.6) is 0 Å². The monoisotopic (exact) mass is 232 g/mol. The number of hydrogen-bond acceptors (Lipinski definition) is 3. The number of nitrogens with zero attached hydrogens (tertiary/aromatic N) is 2. The maximum Gasteiger partial charge on any atom is 0.142 e. The molecule has 90 valence electrons. The Hall–Kier alpha value is -1.65. The Morgan fingerprint density at radius 2 is 2.00 bits per heavy atom. The van der Waals surface area contributed by atoms with Gasteiger partial charge in [0.15, 0.2) is 0 Å². The van der Waals surface area contributed by atoms with E-state index >= 15 is 0 Å². The van der Waals surface area contributed by atoms with E-state index < -0.39 is 12.2 Å². The minimum Gasteiger partial charge on any atom is -0.382 e. The van der Waals surface area contributed by atoms with Crippen LogP contribution in [0.2, 0.25) is 0 Å². The molecule has 1 aromatic heterocycles. The zero-order valence-corrected chi connectivity index (χ0v) is 9.95. The van der Waals surface area contributed by atoms with E-state index in [1.165, 1.54) is 0 Å². The molecular weight excluding hydrogens is 216 g/mol. The molecule has 0 saturated carbocycles. The molecule has 0 bridgehead atoms. The van der Waals surface area contributed by atoms with Gasteiger partial charge in [0.1, 0.15) is 18.0 Å². The molecular formula is C13H16N2O2. The van der Waals surface area contributed by atoms with Crippen molar-refractivity contribution in [3.05, 3.63) is 54.1 Å². The first-order valence-corrected chi connectivity index (χ1v) is 5.47. The van der Waals surface area contributed by atoms with E-state index in [4.69, 9.17) is 4.74 Å². The van der Waals surface area contributed by atoms with E-state index in [9.17, 15) is 5.11 Å². The van der Waals surface area contributed by atoms with Crippen molar-refractivity contribution in [2.24, 2.45) is 7.05 Å². The second kappa shape index (κ2) is 5.12. The second-order valence-corrected chi connectivity index (χ2v) is 3.91. The van der Waals surface area contributed by atoms with Crippen LogP contribution in [0.15, 0.2) is 42.7 Å². The lowest BCUT2D eigenvalue weighted by Crippen LogP contribution is -2.16. The highest BCUT2D eigenvalue weighted by Gasteiger charge is 2.25. The van der Waals surface area contributed by atoms with Crippen molar-refractivity contribution in [3.8, 4) is 0 Å². The fourth-order valence-electron chi connectivity index (χ4n) is 1.89. The standard InChI is InChI=1S/C13H16N2O2/c1-15-9-8-14-13(15)11(16)12(17-2)10-6-4-3-5-7-10/h3-9,11-12,16H,1-2H3. The lowest BCUT2D eigenvalue weighted by molar-refractivity contribution is -0.0205. The molecule has 0 aliphatic heterocycles. The largest absolute Gasteiger partial charge is 0.382 e. The summed E-state index contributed by atoms with van der Waals surface area (Å²) < 4.78 is 7.16. The van der Waals surface area contributed by atoms with Crippen molar-refractivity contribution in [3.63, 3.8) is 0 Å². The fraction of sp³-hybridized carbons (Fsp3) is 0.308. The van der Waals surface area contributed by atoms with Gasteiger partial charge in [-0.15, -0.1) is 0 Å². The van der Waals surface area contributed by atoms with Crippen LogP contribution in [0.4, 0.5) is 0 Å². The van der Waals surface area contributed by atoms with E-state index in [1.807, 2.05) is 37.4 Å². The lowest BCUT2D eigenvalue weighted by Gasteiger charge is -2.21. The van der Waals surface area contributed by atoms with Crippen LogP contribution in [0.25, 0.3) is 0 Å². The molecule has 1 aromatic carbocycles. The number of aliphatic hydroxyl groups is 1. The minimum absolute atomic E-state index is 0.405. The van der Waals surface area contributed by atoms with Crippen molar-refractivity contribution >= 4 is 0 Å². The van der Waals surface area contributed by atoms with Gasteiger partial charge in [0, 0.05) is 26.6 Å². The molecule has 0 aliphatic carbocycles. The molecule has 0 saturated heterocycles. The number of aromatic nitrogens is 2. The zero-order chi connectivity index (χ0) is 12.3. The highest BCUT2D eigenvalue weighted by Crippen LogP contribution is 2.30. The second-order valence-electron chi connectivity index (χ2n) is 3.91.